The summed E-state index contributed by atoms with van der Waals surface area (Å²) >= 11 is 0. The molecule has 4 nitrogen and oxygen atoms in total. The molecule has 25 heavy (non-hydrogen) atoms. The maximum Gasteiger partial charge on any atom is 0.234 e. The zero-order chi connectivity index (χ0) is 17.6. The Hall–Kier alpha value is -1.46. The number of amides is 1. The second-order valence-electron chi connectivity index (χ2n) is 7.70. The summed E-state index contributed by atoms with van der Waals surface area (Å²) in [6.07, 6.45) is 4.71. The van der Waals surface area contributed by atoms with Crippen molar-refractivity contribution < 1.29 is 9.18 Å². The first-order valence-electron chi connectivity index (χ1n) is 9.57. The number of benzene rings is 1. The number of carbonyl (C=O) groups excluding carboxylic acids is 1. The Morgan fingerprint density at radius 2 is 1.64 bits per heavy atom. The van der Waals surface area contributed by atoms with Crippen molar-refractivity contribution in [2.45, 2.75) is 45.2 Å². The number of rotatable bonds is 5. The van der Waals surface area contributed by atoms with E-state index in [1.54, 1.807) is 0 Å². The van der Waals surface area contributed by atoms with Gasteiger partial charge in [0, 0.05) is 38.8 Å². The van der Waals surface area contributed by atoms with Gasteiger partial charge in [-0.2, -0.15) is 0 Å². The lowest BCUT2D eigenvalue weighted by atomic mass is 9.87. The van der Waals surface area contributed by atoms with Gasteiger partial charge in [-0.1, -0.05) is 19.1 Å². The second-order valence-corrected chi connectivity index (χ2v) is 7.70. The molecule has 1 aliphatic heterocycles. The highest BCUT2D eigenvalue weighted by Gasteiger charge is 2.22. The Labute approximate surface area is 150 Å². The Morgan fingerprint density at radius 3 is 2.28 bits per heavy atom. The number of piperazine rings is 1. The highest BCUT2D eigenvalue weighted by Crippen LogP contribution is 2.23. The van der Waals surface area contributed by atoms with E-state index in [-0.39, 0.29) is 11.7 Å². The predicted molar refractivity (Wildman–Crippen MR) is 97.7 cm³/mol. The highest BCUT2D eigenvalue weighted by atomic mass is 19.1. The average Bonchev–Trinajstić information content (AvgIpc) is 2.61. The van der Waals surface area contributed by atoms with Gasteiger partial charge in [0.05, 0.1) is 6.54 Å². The molecule has 0 atom stereocenters. The van der Waals surface area contributed by atoms with E-state index in [0.717, 1.165) is 57.0 Å². The topological polar surface area (TPSA) is 35.6 Å². The third-order valence-corrected chi connectivity index (χ3v) is 5.53. The molecule has 0 unspecified atom stereocenters. The lowest BCUT2D eigenvalue weighted by Crippen LogP contribution is -2.50. The molecule has 0 radical (unpaired) electrons. The molecule has 1 saturated carbocycles. The van der Waals surface area contributed by atoms with Crippen LogP contribution in [0, 0.1) is 11.7 Å². The molecule has 0 spiro atoms. The van der Waals surface area contributed by atoms with Crippen LogP contribution in [0.15, 0.2) is 24.3 Å². The number of halogens is 1. The van der Waals surface area contributed by atoms with Gasteiger partial charge in [0.15, 0.2) is 0 Å². The van der Waals surface area contributed by atoms with Crippen molar-refractivity contribution >= 4 is 5.91 Å². The fourth-order valence-electron chi connectivity index (χ4n) is 3.83. The minimum Gasteiger partial charge on any atom is -0.352 e. The normalized spacial score (nSPS) is 25.7. The van der Waals surface area contributed by atoms with Gasteiger partial charge >= 0.3 is 0 Å². The fourth-order valence-corrected chi connectivity index (χ4v) is 3.83. The van der Waals surface area contributed by atoms with E-state index in [2.05, 4.69) is 22.0 Å². The van der Waals surface area contributed by atoms with Crippen molar-refractivity contribution in [2.75, 3.05) is 32.7 Å². The molecule has 1 aliphatic carbocycles. The lowest BCUT2D eigenvalue weighted by Gasteiger charge is -2.35. The number of carbonyl (C=O) groups is 1. The van der Waals surface area contributed by atoms with Gasteiger partial charge in [-0.15, -0.1) is 0 Å². The second kappa shape index (κ2) is 8.77. The van der Waals surface area contributed by atoms with E-state index in [4.69, 9.17) is 0 Å². The summed E-state index contributed by atoms with van der Waals surface area (Å²) in [6.45, 7) is 7.38. The molecule has 1 aromatic carbocycles. The van der Waals surface area contributed by atoms with Gasteiger partial charge in [0.1, 0.15) is 5.82 Å². The van der Waals surface area contributed by atoms with Crippen LogP contribution in [-0.4, -0.2) is 54.5 Å². The summed E-state index contributed by atoms with van der Waals surface area (Å²) in [4.78, 5) is 16.9. The molecule has 138 valence electrons. The molecule has 0 aromatic heterocycles. The maximum absolute atomic E-state index is 13.0. The fraction of sp³-hybridized carbons (Fsp3) is 0.650. The molecule has 5 heteroatoms. The molecular formula is C20H30FN3O. The van der Waals surface area contributed by atoms with E-state index in [1.807, 2.05) is 12.1 Å². The van der Waals surface area contributed by atoms with Crippen LogP contribution in [0.4, 0.5) is 4.39 Å². The van der Waals surface area contributed by atoms with Crippen molar-refractivity contribution in [3.05, 3.63) is 35.6 Å². The Morgan fingerprint density at radius 1 is 1.04 bits per heavy atom. The van der Waals surface area contributed by atoms with Crippen LogP contribution in [0.3, 0.4) is 0 Å². The largest absolute Gasteiger partial charge is 0.352 e. The summed E-state index contributed by atoms with van der Waals surface area (Å²) in [6, 6.07) is 7.10. The zero-order valence-corrected chi connectivity index (χ0v) is 15.2. The average molecular weight is 347 g/mol. The predicted octanol–water partition coefficient (Wildman–Crippen LogP) is 2.64. The number of hydrogen-bond donors (Lipinski definition) is 1. The van der Waals surface area contributed by atoms with Crippen LogP contribution in [-0.2, 0) is 11.3 Å². The molecule has 1 amide bonds. The van der Waals surface area contributed by atoms with Crippen LogP contribution in [0.5, 0.6) is 0 Å². The number of nitrogens with zero attached hydrogens (tertiary/aromatic N) is 2. The molecule has 2 aliphatic rings. The first kappa shape index (κ1) is 18.3. The molecule has 3 rings (SSSR count). The molecule has 2 fully saturated rings. The Balaban J connectivity index is 1.36. The number of nitrogens with one attached hydrogen (secondary N) is 1. The standard InChI is InChI=1S/C20H30FN3O/c1-16-2-8-19(9-3-16)22-20(25)15-24-12-10-23(11-13-24)14-17-4-6-18(21)7-5-17/h4-7,16,19H,2-3,8-15H2,1H3,(H,22,25). The van der Waals surface area contributed by atoms with E-state index in [0.29, 0.717) is 12.6 Å². The molecule has 0 bridgehead atoms. The van der Waals surface area contributed by atoms with Crippen LogP contribution in [0.1, 0.15) is 38.2 Å². The first-order valence-corrected chi connectivity index (χ1v) is 9.57. The van der Waals surface area contributed by atoms with Crippen LogP contribution in [0.25, 0.3) is 0 Å². The SMILES string of the molecule is CC1CCC(NC(=O)CN2CCN(Cc3ccc(F)cc3)CC2)CC1. The Bertz CT molecular complexity index is 547. The van der Waals surface area contributed by atoms with Crippen LogP contribution < -0.4 is 5.32 Å². The molecule has 1 heterocycles. The molecule has 1 aromatic rings. The maximum atomic E-state index is 13.0. The van der Waals surface area contributed by atoms with E-state index >= 15 is 0 Å². The summed E-state index contributed by atoms with van der Waals surface area (Å²) in [5.74, 6) is 0.792. The van der Waals surface area contributed by atoms with Gasteiger partial charge in [0.25, 0.3) is 0 Å². The molecule has 1 saturated heterocycles. The van der Waals surface area contributed by atoms with E-state index < -0.39 is 0 Å². The van der Waals surface area contributed by atoms with Gasteiger partial charge in [-0.3, -0.25) is 14.6 Å². The quantitative estimate of drug-likeness (QED) is 0.889. The molecular weight excluding hydrogens is 317 g/mol. The van der Waals surface area contributed by atoms with E-state index in [9.17, 15) is 9.18 Å². The van der Waals surface area contributed by atoms with Gasteiger partial charge in [0.2, 0.25) is 5.91 Å². The summed E-state index contributed by atoms with van der Waals surface area (Å²) in [5, 5.41) is 3.21. The van der Waals surface area contributed by atoms with Gasteiger partial charge in [-0.05, 0) is 49.3 Å². The zero-order valence-electron chi connectivity index (χ0n) is 15.2. The summed E-state index contributed by atoms with van der Waals surface area (Å²) in [5.41, 5.74) is 1.14. The van der Waals surface area contributed by atoms with Crippen LogP contribution >= 0.6 is 0 Å². The van der Waals surface area contributed by atoms with Gasteiger partial charge < -0.3 is 5.32 Å². The highest BCUT2D eigenvalue weighted by molar-refractivity contribution is 5.78. The minimum atomic E-state index is -0.188. The number of hydrogen-bond acceptors (Lipinski definition) is 3. The van der Waals surface area contributed by atoms with Crippen molar-refractivity contribution in [1.82, 2.24) is 15.1 Å². The third kappa shape index (κ3) is 5.79. The van der Waals surface area contributed by atoms with Crippen molar-refractivity contribution in [3.63, 3.8) is 0 Å². The summed E-state index contributed by atoms with van der Waals surface area (Å²) < 4.78 is 13.0. The first-order chi connectivity index (χ1) is 12.1. The van der Waals surface area contributed by atoms with E-state index in [1.165, 1.54) is 25.0 Å². The minimum absolute atomic E-state index is 0.173. The monoisotopic (exact) mass is 347 g/mol. The van der Waals surface area contributed by atoms with Crippen molar-refractivity contribution in [2.24, 2.45) is 5.92 Å². The van der Waals surface area contributed by atoms with Crippen molar-refractivity contribution in [3.8, 4) is 0 Å². The van der Waals surface area contributed by atoms with Crippen molar-refractivity contribution in [1.29, 1.82) is 0 Å². The summed E-state index contributed by atoms with van der Waals surface area (Å²) in [7, 11) is 0. The van der Waals surface area contributed by atoms with Gasteiger partial charge in [-0.25, -0.2) is 4.39 Å². The smallest absolute Gasteiger partial charge is 0.234 e. The third-order valence-electron chi connectivity index (χ3n) is 5.53. The molecule has 1 N–H and O–H groups in total. The Kier molecular flexibility index (Phi) is 6.43. The lowest BCUT2D eigenvalue weighted by molar-refractivity contribution is -0.123. The van der Waals surface area contributed by atoms with Crippen LogP contribution in [0.2, 0.25) is 0 Å².